The molecule has 0 radical (unpaired) electrons. The van der Waals surface area contributed by atoms with E-state index in [9.17, 15) is 0 Å². The molecule has 1 atom stereocenters. The number of ether oxygens (including phenoxy) is 1. The van der Waals surface area contributed by atoms with E-state index in [1.165, 1.54) is 11.1 Å². The maximum Gasteiger partial charge on any atom is 0.0667 e. The number of rotatable bonds is 2. The quantitative estimate of drug-likeness (QED) is 0.766. The zero-order valence-electron chi connectivity index (χ0n) is 10.0. The molecule has 0 saturated carbocycles. The van der Waals surface area contributed by atoms with Crippen LogP contribution in [0.15, 0.2) is 29.3 Å². The lowest BCUT2D eigenvalue weighted by molar-refractivity contribution is 0.0354. The number of hydrogen-bond donors (Lipinski definition) is 0. The molecule has 3 heteroatoms. The predicted molar refractivity (Wildman–Crippen MR) is 68.8 cm³/mol. The highest BCUT2D eigenvalue weighted by atomic mass is 16.5. The minimum Gasteiger partial charge on any atom is -0.379 e. The van der Waals surface area contributed by atoms with Crippen LogP contribution in [0.1, 0.15) is 11.1 Å². The Hall–Kier alpha value is -1.19. The van der Waals surface area contributed by atoms with Crippen molar-refractivity contribution in [3.63, 3.8) is 0 Å². The van der Waals surface area contributed by atoms with E-state index >= 15 is 0 Å². The lowest BCUT2D eigenvalue weighted by Crippen LogP contribution is -2.41. The van der Waals surface area contributed by atoms with E-state index < -0.39 is 0 Å². The molecular formula is C14H18N2O. The number of hydrogen-bond acceptors (Lipinski definition) is 3. The fraction of sp³-hybridized carbons (Fsp3) is 0.500. The van der Waals surface area contributed by atoms with Gasteiger partial charge in [-0.1, -0.05) is 24.3 Å². The molecule has 0 amide bonds. The van der Waals surface area contributed by atoms with E-state index in [2.05, 4.69) is 34.2 Å². The molecule has 2 aliphatic rings. The monoisotopic (exact) mass is 230 g/mol. The maximum absolute atomic E-state index is 5.37. The first-order chi connectivity index (χ1) is 8.42. The summed E-state index contributed by atoms with van der Waals surface area (Å²) < 4.78 is 5.37. The molecule has 0 spiro atoms. The Bertz CT molecular complexity index is 410. The van der Waals surface area contributed by atoms with Crippen LogP contribution in [-0.2, 0) is 11.2 Å². The first-order valence-corrected chi connectivity index (χ1v) is 6.33. The topological polar surface area (TPSA) is 24.8 Å². The average Bonchev–Trinajstić information content (AvgIpc) is 2.40. The zero-order chi connectivity index (χ0) is 11.5. The summed E-state index contributed by atoms with van der Waals surface area (Å²) in [6.07, 6.45) is 3.11. The van der Waals surface area contributed by atoms with Crippen molar-refractivity contribution in [1.29, 1.82) is 0 Å². The molecule has 0 N–H and O–H groups in total. The molecule has 3 rings (SSSR count). The maximum atomic E-state index is 5.37. The molecule has 0 aromatic heterocycles. The summed E-state index contributed by atoms with van der Waals surface area (Å²) in [4.78, 5) is 7.12. The Morgan fingerprint density at radius 3 is 2.94 bits per heavy atom. The molecule has 2 heterocycles. The minimum atomic E-state index is 0.419. The van der Waals surface area contributed by atoms with Gasteiger partial charge in [-0.2, -0.15) is 0 Å². The van der Waals surface area contributed by atoms with Crippen molar-refractivity contribution < 1.29 is 4.74 Å². The summed E-state index contributed by atoms with van der Waals surface area (Å²) >= 11 is 0. The standard InChI is InChI=1S/C14H18N2O/c1-2-4-13-10-15-14(9-12(13)3-1)11-16-5-7-17-8-6-16/h1-4,10,14H,5-9,11H2. The molecule has 1 fully saturated rings. The SMILES string of the molecule is C1=NC(CN2CCOCC2)Cc2ccccc21. The second-order valence-electron chi connectivity index (χ2n) is 4.75. The number of aliphatic imine (C=N–C) groups is 1. The highest BCUT2D eigenvalue weighted by Gasteiger charge is 2.19. The van der Waals surface area contributed by atoms with Gasteiger partial charge in [-0.3, -0.25) is 9.89 Å². The summed E-state index contributed by atoms with van der Waals surface area (Å²) in [5.74, 6) is 0. The number of fused-ring (bicyclic) bond motifs is 1. The Labute approximate surface area is 102 Å². The van der Waals surface area contributed by atoms with Gasteiger partial charge in [-0.25, -0.2) is 0 Å². The summed E-state index contributed by atoms with van der Waals surface area (Å²) in [7, 11) is 0. The van der Waals surface area contributed by atoms with Crippen molar-refractivity contribution in [1.82, 2.24) is 4.90 Å². The lowest BCUT2D eigenvalue weighted by atomic mass is 9.98. The van der Waals surface area contributed by atoms with Crippen molar-refractivity contribution >= 4 is 6.21 Å². The highest BCUT2D eigenvalue weighted by molar-refractivity contribution is 5.83. The Kier molecular flexibility index (Phi) is 3.20. The molecule has 1 unspecified atom stereocenters. The molecule has 1 aromatic rings. The van der Waals surface area contributed by atoms with Gasteiger partial charge in [0.25, 0.3) is 0 Å². The molecule has 2 aliphatic heterocycles. The van der Waals surface area contributed by atoms with Gasteiger partial charge in [0.1, 0.15) is 0 Å². The second kappa shape index (κ2) is 4.98. The van der Waals surface area contributed by atoms with E-state index in [1.807, 2.05) is 6.21 Å². The number of nitrogens with zero attached hydrogens (tertiary/aromatic N) is 2. The van der Waals surface area contributed by atoms with Gasteiger partial charge in [0, 0.05) is 25.8 Å². The Morgan fingerprint density at radius 1 is 1.24 bits per heavy atom. The van der Waals surface area contributed by atoms with Gasteiger partial charge >= 0.3 is 0 Å². The summed E-state index contributed by atoms with van der Waals surface area (Å²) in [5, 5.41) is 0. The van der Waals surface area contributed by atoms with Crippen LogP contribution in [0.5, 0.6) is 0 Å². The van der Waals surface area contributed by atoms with Crippen LogP contribution in [-0.4, -0.2) is 50.0 Å². The van der Waals surface area contributed by atoms with Crippen molar-refractivity contribution in [3.05, 3.63) is 35.4 Å². The van der Waals surface area contributed by atoms with E-state index in [4.69, 9.17) is 4.74 Å². The molecule has 1 aromatic carbocycles. The van der Waals surface area contributed by atoms with E-state index in [1.54, 1.807) is 0 Å². The second-order valence-corrected chi connectivity index (χ2v) is 4.75. The summed E-state index contributed by atoms with van der Waals surface area (Å²) in [6, 6.07) is 8.97. The zero-order valence-corrected chi connectivity index (χ0v) is 10.0. The van der Waals surface area contributed by atoms with Crippen molar-refractivity contribution in [2.45, 2.75) is 12.5 Å². The molecular weight excluding hydrogens is 212 g/mol. The van der Waals surface area contributed by atoms with E-state index in [0.717, 1.165) is 39.3 Å². The number of morpholine rings is 1. The third kappa shape index (κ3) is 2.56. The molecule has 90 valence electrons. The Morgan fingerprint density at radius 2 is 2.06 bits per heavy atom. The molecule has 3 nitrogen and oxygen atoms in total. The fourth-order valence-electron chi connectivity index (χ4n) is 2.53. The number of benzene rings is 1. The lowest BCUT2D eigenvalue weighted by Gasteiger charge is -2.30. The van der Waals surface area contributed by atoms with Gasteiger partial charge < -0.3 is 4.74 Å². The molecule has 0 aliphatic carbocycles. The third-order valence-electron chi connectivity index (χ3n) is 3.51. The summed E-state index contributed by atoms with van der Waals surface area (Å²) in [6.45, 7) is 4.90. The smallest absolute Gasteiger partial charge is 0.0667 e. The average molecular weight is 230 g/mol. The van der Waals surface area contributed by atoms with Crippen LogP contribution < -0.4 is 0 Å². The van der Waals surface area contributed by atoms with Crippen molar-refractivity contribution in [2.24, 2.45) is 4.99 Å². The Balaban J connectivity index is 1.64. The van der Waals surface area contributed by atoms with Crippen LogP contribution in [0.2, 0.25) is 0 Å². The van der Waals surface area contributed by atoms with E-state index in [0.29, 0.717) is 6.04 Å². The van der Waals surface area contributed by atoms with Gasteiger partial charge in [0.05, 0.1) is 19.3 Å². The van der Waals surface area contributed by atoms with Crippen molar-refractivity contribution in [2.75, 3.05) is 32.8 Å². The largest absolute Gasteiger partial charge is 0.379 e. The molecule has 0 bridgehead atoms. The third-order valence-corrected chi connectivity index (χ3v) is 3.51. The first kappa shape index (κ1) is 10.9. The highest BCUT2D eigenvalue weighted by Crippen LogP contribution is 2.16. The van der Waals surface area contributed by atoms with Gasteiger partial charge in [0.2, 0.25) is 0 Å². The normalized spacial score (nSPS) is 24.6. The van der Waals surface area contributed by atoms with Crippen LogP contribution in [0.3, 0.4) is 0 Å². The minimum absolute atomic E-state index is 0.419. The van der Waals surface area contributed by atoms with Gasteiger partial charge in [-0.05, 0) is 17.5 Å². The predicted octanol–water partition coefficient (Wildman–Crippen LogP) is 1.36. The van der Waals surface area contributed by atoms with Gasteiger partial charge in [0.15, 0.2) is 0 Å². The molecule has 17 heavy (non-hydrogen) atoms. The fourth-order valence-corrected chi connectivity index (χ4v) is 2.53. The summed E-state index contributed by atoms with van der Waals surface area (Å²) in [5.41, 5.74) is 2.71. The van der Waals surface area contributed by atoms with Crippen LogP contribution in [0, 0.1) is 0 Å². The first-order valence-electron chi connectivity index (χ1n) is 6.33. The van der Waals surface area contributed by atoms with Crippen LogP contribution in [0.25, 0.3) is 0 Å². The van der Waals surface area contributed by atoms with Crippen LogP contribution >= 0.6 is 0 Å². The molecule has 1 saturated heterocycles. The van der Waals surface area contributed by atoms with Crippen molar-refractivity contribution in [3.8, 4) is 0 Å². The van der Waals surface area contributed by atoms with Crippen LogP contribution in [0.4, 0.5) is 0 Å². The van der Waals surface area contributed by atoms with E-state index in [-0.39, 0.29) is 0 Å². The van der Waals surface area contributed by atoms with Gasteiger partial charge in [-0.15, -0.1) is 0 Å².